The highest BCUT2D eigenvalue weighted by Crippen LogP contribution is 2.27. The van der Waals surface area contributed by atoms with E-state index in [9.17, 15) is 14.4 Å². The van der Waals surface area contributed by atoms with Crippen molar-refractivity contribution in [3.63, 3.8) is 0 Å². The number of carbonyl (C=O) groups is 3. The van der Waals surface area contributed by atoms with Gasteiger partial charge in [0, 0.05) is 7.11 Å². The summed E-state index contributed by atoms with van der Waals surface area (Å²) in [6.07, 6.45) is 6.31. The maximum atomic E-state index is 12.7. The number of nitrogens with two attached hydrogens (primary N) is 2. The van der Waals surface area contributed by atoms with E-state index in [1.165, 1.54) is 31.3 Å². The fourth-order valence-electron chi connectivity index (χ4n) is 3.81. The lowest BCUT2D eigenvalue weighted by Gasteiger charge is -2.34. The highest BCUT2D eigenvalue weighted by molar-refractivity contribution is 5.92. The third kappa shape index (κ3) is 5.67. The van der Waals surface area contributed by atoms with Crippen LogP contribution in [0.1, 0.15) is 38.5 Å². The molecule has 8 nitrogen and oxygen atoms in total. The number of hydrogen-bond donors (Lipinski definition) is 3. The maximum absolute atomic E-state index is 12.7. The van der Waals surface area contributed by atoms with E-state index >= 15 is 0 Å². The molecule has 2 atom stereocenters. The predicted octanol–water partition coefficient (Wildman–Crippen LogP) is -1.65. The first kappa shape index (κ1) is 19.7. The molecule has 2 rings (SSSR count). The average molecular weight is 355 g/mol. The molecule has 5 N–H and O–H groups in total. The summed E-state index contributed by atoms with van der Waals surface area (Å²) >= 11 is 0. The molecule has 0 radical (unpaired) electrons. The molecule has 2 fully saturated rings. The van der Waals surface area contributed by atoms with Crippen molar-refractivity contribution in [2.24, 2.45) is 11.7 Å². The Balaban J connectivity index is 1.97. The number of piperazine rings is 1. The van der Waals surface area contributed by atoms with Crippen LogP contribution in [0.25, 0.3) is 0 Å². The first-order valence-corrected chi connectivity index (χ1v) is 9.22. The third-order valence-electron chi connectivity index (χ3n) is 5.18. The van der Waals surface area contributed by atoms with Gasteiger partial charge in [-0.25, -0.2) is 0 Å². The molecule has 1 aliphatic carbocycles. The van der Waals surface area contributed by atoms with Crippen LogP contribution in [-0.4, -0.2) is 68.1 Å². The molecule has 0 aromatic rings. The van der Waals surface area contributed by atoms with E-state index in [2.05, 4.69) is 5.32 Å². The van der Waals surface area contributed by atoms with Gasteiger partial charge in [0.2, 0.25) is 17.7 Å². The Morgan fingerprint density at radius 2 is 2.00 bits per heavy atom. The highest BCUT2D eigenvalue weighted by Gasteiger charge is 2.36. The van der Waals surface area contributed by atoms with E-state index in [0.717, 1.165) is 19.4 Å². The van der Waals surface area contributed by atoms with E-state index in [1.54, 1.807) is 0 Å². The van der Waals surface area contributed by atoms with Crippen LogP contribution in [0.3, 0.4) is 0 Å². The van der Waals surface area contributed by atoms with Crippen molar-refractivity contribution in [2.45, 2.75) is 50.6 Å². The van der Waals surface area contributed by atoms with Crippen molar-refractivity contribution < 1.29 is 24.4 Å². The number of amides is 3. The summed E-state index contributed by atoms with van der Waals surface area (Å²) in [5.41, 5.74) is 5.51. The van der Waals surface area contributed by atoms with Gasteiger partial charge in [-0.3, -0.25) is 14.4 Å². The van der Waals surface area contributed by atoms with Crippen molar-refractivity contribution >= 4 is 17.7 Å². The summed E-state index contributed by atoms with van der Waals surface area (Å²) in [6.45, 7) is 1.67. The topological polar surface area (TPSA) is 118 Å². The molecule has 1 aliphatic heterocycles. The smallest absolute Gasteiger partial charge is 0.249 e. The lowest BCUT2D eigenvalue weighted by molar-refractivity contribution is -0.665. The summed E-state index contributed by atoms with van der Waals surface area (Å²) < 4.78 is 4.90. The Morgan fingerprint density at radius 3 is 2.64 bits per heavy atom. The molecule has 25 heavy (non-hydrogen) atoms. The molecule has 1 heterocycles. The molecular weight excluding hydrogens is 324 g/mol. The molecule has 0 spiro atoms. The minimum absolute atomic E-state index is 0.0505. The minimum atomic E-state index is -0.670. The van der Waals surface area contributed by atoms with Gasteiger partial charge in [-0.15, -0.1) is 0 Å². The van der Waals surface area contributed by atoms with Crippen LogP contribution in [0.2, 0.25) is 0 Å². The Labute approximate surface area is 148 Å². The van der Waals surface area contributed by atoms with Gasteiger partial charge in [-0.1, -0.05) is 32.1 Å². The summed E-state index contributed by atoms with van der Waals surface area (Å²) in [5.74, 6) is -0.595. The van der Waals surface area contributed by atoms with E-state index in [0.29, 0.717) is 25.4 Å². The van der Waals surface area contributed by atoms with Gasteiger partial charge in [0.25, 0.3) is 0 Å². The Kier molecular flexibility index (Phi) is 7.64. The zero-order valence-corrected chi connectivity index (χ0v) is 15.0. The molecule has 0 aromatic heterocycles. The Hall–Kier alpha value is -1.67. The van der Waals surface area contributed by atoms with Gasteiger partial charge in [0.15, 0.2) is 6.04 Å². The normalized spacial score (nSPS) is 23.1. The lowest BCUT2D eigenvalue weighted by atomic mass is 9.84. The van der Waals surface area contributed by atoms with Gasteiger partial charge in [0.05, 0.1) is 13.1 Å². The number of quaternary nitrogens is 1. The van der Waals surface area contributed by atoms with Crippen LogP contribution in [0, 0.1) is 5.92 Å². The van der Waals surface area contributed by atoms with Crippen molar-refractivity contribution in [3.05, 3.63) is 0 Å². The Morgan fingerprint density at radius 1 is 1.28 bits per heavy atom. The van der Waals surface area contributed by atoms with Gasteiger partial charge in [-0.2, -0.15) is 0 Å². The van der Waals surface area contributed by atoms with Crippen LogP contribution in [0.5, 0.6) is 0 Å². The summed E-state index contributed by atoms with van der Waals surface area (Å²) in [4.78, 5) is 38.2. The second kappa shape index (κ2) is 9.72. The summed E-state index contributed by atoms with van der Waals surface area (Å²) in [6, 6.07) is -1.26. The number of nitrogens with one attached hydrogen (secondary N) is 1. The van der Waals surface area contributed by atoms with Crippen LogP contribution in [0.15, 0.2) is 0 Å². The molecule has 142 valence electrons. The van der Waals surface area contributed by atoms with Crippen molar-refractivity contribution in [1.29, 1.82) is 0 Å². The van der Waals surface area contributed by atoms with Crippen LogP contribution in [-0.2, 0) is 19.1 Å². The zero-order valence-electron chi connectivity index (χ0n) is 15.0. The summed E-state index contributed by atoms with van der Waals surface area (Å²) in [7, 11) is 1.45. The molecule has 8 heteroatoms. The fourth-order valence-corrected chi connectivity index (χ4v) is 3.81. The largest absolute Gasteiger partial charge is 0.375 e. The van der Waals surface area contributed by atoms with E-state index in [4.69, 9.17) is 10.5 Å². The summed E-state index contributed by atoms with van der Waals surface area (Å²) in [5, 5.41) is 4.79. The van der Waals surface area contributed by atoms with Crippen LogP contribution < -0.4 is 16.4 Å². The maximum Gasteiger partial charge on any atom is 0.249 e. The van der Waals surface area contributed by atoms with Gasteiger partial charge >= 0.3 is 0 Å². The number of rotatable bonds is 7. The molecule has 2 aliphatic rings. The zero-order chi connectivity index (χ0) is 18.2. The van der Waals surface area contributed by atoms with Gasteiger partial charge < -0.3 is 26.0 Å². The minimum Gasteiger partial charge on any atom is -0.375 e. The lowest BCUT2D eigenvalue weighted by Crippen LogP contribution is -2.93. The number of nitrogens with zero attached hydrogens (tertiary/aromatic N) is 1. The molecule has 0 unspecified atom stereocenters. The monoisotopic (exact) mass is 355 g/mol. The molecule has 1 saturated carbocycles. The van der Waals surface area contributed by atoms with E-state index in [1.807, 2.05) is 5.32 Å². The molecular formula is C17H31N4O4+. The van der Waals surface area contributed by atoms with Crippen LogP contribution >= 0.6 is 0 Å². The first-order valence-electron chi connectivity index (χ1n) is 9.22. The van der Waals surface area contributed by atoms with Gasteiger partial charge in [-0.05, 0) is 12.3 Å². The quantitative estimate of drug-likeness (QED) is 0.507. The molecule has 0 aromatic carbocycles. The van der Waals surface area contributed by atoms with Crippen LogP contribution in [0.4, 0.5) is 0 Å². The second-order valence-electron chi connectivity index (χ2n) is 7.05. The van der Waals surface area contributed by atoms with Crippen molar-refractivity contribution in [1.82, 2.24) is 10.2 Å². The SMILES string of the molecule is COCC(=O)N1CC[NH2+]C[C@@H]1C(=O)N[C@@H](CC1CCCCC1)C(N)=O. The second-order valence-corrected chi connectivity index (χ2v) is 7.05. The number of hydrogen-bond acceptors (Lipinski definition) is 4. The number of methoxy groups -OCH3 is 1. The molecule has 3 amide bonds. The van der Waals surface area contributed by atoms with Gasteiger partial charge in [0.1, 0.15) is 19.2 Å². The third-order valence-corrected chi connectivity index (χ3v) is 5.18. The number of ether oxygens (including phenoxy) is 1. The highest BCUT2D eigenvalue weighted by atomic mass is 16.5. The average Bonchev–Trinajstić information content (AvgIpc) is 2.62. The standard InChI is InChI=1S/C17H30N4O4/c1-25-11-15(22)21-8-7-19-10-14(21)17(24)20-13(16(18)23)9-12-5-3-2-4-6-12/h12-14,19H,2-11H2,1H3,(H2,18,23)(H,20,24)/p+1/t13-,14+/m0/s1. The van der Waals surface area contributed by atoms with E-state index < -0.39 is 18.0 Å². The van der Waals surface area contributed by atoms with Crippen molar-refractivity contribution in [2.75, 3.05) is 33.4 Å². The number of carbonyl (C=O) groups excluding carboxylic acids is 3. The predicted molar refractivity (Wildman–Crippen MR) is 91.4 cm³/mol. The molecule has 1 saturated heterocycles. The Bertz CT molecular complexity index is 479. The number of primary amides is 1. The first-order chi connectivity index (χ1) is 12.0. The fraction of sp³-hybridized carbons (Fsp3) is 0.824. The molecule has 0 bridgehead atoms. The van der Waals surface area contributed by atoms with Crippen molar-refractivity contribution in [3.8, 4) is 0 Å². The van der Waals surface area contributed by atoms with E-state index in [-0.39, 0.29) is 18.4 Å².